The first-order chi connectivity index (χ1) is 15.9. The molecule has 3 aromatic carbocycles. The molecule has 0 fully saturated rings. The quantitative estimate of drug-likeness (QED) is 0.167. The van der Waals surface area contributed by atoms with Crippen LogP contribution in [0.15, 0.2) is 78.9 Å². The fourth-order valence-corrected chi connectivity index (χ4v) is 6.49. The SMILES string of the molecule is O=C(Nc1nc([As]c2ccc([N+](=O)[O-])cc2)sc1C(=O)c1ccccc1O)c1ccccc1. The Bertz CT molecular complexity index is 1340. The van der Waals surface area contributed by atoms with Crippen LogP contribution in [0.25, 0.3) is 0 Å². The van der Waals surface area contributed by atoms with Crippen LogP contribution in [0.2, 0.25) is 0 Å². The number of phenols is 1. The van der Waals surface area contributed by atoms with Crippen LogP contribution < -0.4 is 13.5 Å². The van der Waals surface area contributed by atoms with Gasteiger partial charge in [0.2, 0.25) is 0 Å². The molecule has 8 nitrogen and oxygen atoms in total. The van der Waals surface area contributed by atoms with Gasteiger partial charge in [-0.05, 0) is 0 Å². The number of thiazole rings is 1. The summed E-state index contributed by atoms with van der Waals surface area (Å²) in [6.45, 7) is 0. The molecule has 0 spiro atoms. The van der Waals surface area contributed by atoms with Gasteiger partial charge in [0.15, 0.2) is 0 Å². The van der Waals surface area contributed by atoms with E-state index in [9.17, 15) is 24.8 Å². The summed E-state index contributed by atoms with van der Waals surface area (Å²) < 4.78 is 1.48. The normalized spacial score (nSPS) is 10.9. The van der Waals surface area contributed by atoms with Gasteiger partial charge < -0.3 is 0 Å². The van der Waals surface area contributed by atoms with Gasteiger partial charge in [0.25, 0.3) is 0 Å². The zero-order valence-corrected chi connectivity index (χ0v) is 19.5. The molecule has 0 aliphatic carbocycles. The molecule has 10 heteroatoms. The van der Waals surface area contributed by atoms with Crippen LogP contribution in [-0.4, -0.2) is 42.5 Å². The Labute approximate surface area is 198 Å². The number of hydrogen-bond acceptors (Lipinski definition) is 7. The number of carbonyl (C=O) groups is 2. The minimum absolute atomic E-state index is 0.00896. The summed E-state index contributed by atoms with van der Waals surface area (Å²) in [5.41, 5.74) is 0.511. The summed E-state index contributed by atoms with van der Waals surface area (Å²) in [7, 11) is 0. The molecule has 4 aromatic rings. The number of non-ortho nitro benzene ring substituents is 1. The third kappa shape index (κ3) is 5.16. The molecule has 2 N–H and O–H groups in total. The van der Waals surface area contributed by atoms with Gasteiger partial charge in [0.1, 0.15) is 0 Å². The van der Waals surface area contributed by atoms with E-state index in [1.54, 1.807) is 54.6 Å². The average molecular weight is 520 g/mol. The monoisotopic (exact) mass is 520 g/mol. The number of nitro benzene ring substituents is 1. The van der Waals surface area contributed by atoms with Gasteiger partial charge in [-0.3, -0.25) is 0 Å². The van der Waals surface area contributed by atoms with Gasteiger partial charge in [-0.25, -0.2) is 0 Å². The predicted octanol–water partition coefficient (Wildman–Crippen LogP) is 2.90. The number of carbonyl (C=O) groups excluding carboxylic acids is 2. The van der Waals surface area contributed by atoms with E-state index in [1.165, 1.54) is 24.3 Å². The molecule has 33 heavy (non-hydrogen) atoms. The molecule has 0 aliphatic rings. The molecule has 0 saturated heterocycles. The van der Waals surface area contributed by atoms with Crippen molar-refractivity contribution < 1.29 is 19.6 Å². The van der Waals surface area contributed by atoms with E-state index in [0.717, 1.165) is 15.7 Å². The molecule has 1 aromatic heterocycles. The molecule has 1 heterocycles. The number of ketones is 1. The Hall–Kier alpha value is -3.81. The number of amides is 1. The number of rotatable bonds is 7. The summed E-state index contributed by atoms with van der Waals surface area (Å²) in [5.74, 6) is -0.911. The number of para-hydroxylation sites is 1. The van der Waals surface area contributed by atoms with Crippen molar-refractivity contribution in [3.63, 3.8) is 0 Å². The Morgan fingerprint density at radius 2 is 1.64 bits per heavy atom. The van der Waals surface area contributed by atoms with Gasteiger partial charge in [-0.15, -0.1) is 0 Å². The number of phenolic OH excluding ortho intramolecular Hbond substituents is 1. The third-order valence-electron chi connectivity index (χ3n) is 4.52. The average Bonchev–Trinajstić information content (AvgIpc) is 3.21. The first-order valence-electron chi connectivity index (χ1n) is 9.58. The number of benzene rings is 3. The van der Waals surface area contributed by atoms with Crippen molar-refractivity contribution in [3.8, 4) is 5.75 Å². The molecule has 163 valence electrons. The van der Waals surface area contributed by atoms with E-state index < -0.39 is 32.4 Å². The van der Waals surface area contributed by atoms with Gasteiger partial charge in [0.05, 0.1) is 0 Å². The van der Waals surface area contributed by atoms with E-state index >= 15 is 0 Å². The van der Waals surface area contributed by atoms with Gasteiger partial charge >= 0.3 is 199 Å². The molecule has 1 amide bonds. The molecule has 0 aliphatic heterocycles. The van der Waals surface area contributed by atoms with Crippen LogP contribution in [0.5, 0.6) is 5.75 Å². The van der Waals surface area contributed by atoms with Crippen LogP contribution >= 0.6 is 11.3 Å². The summed E-state index contributed by atoms with van der Waals surface area (Å²) in [5, 5.41) is 23.7. The van der Waals surface area contributed by atoms with Crippen molar-refractivity contribution in [2.75, 3.05) is 5.32 Å². The standard InChI is InChI=1S/C23H15AsN3O5S/c28-18-9-5-4-8-17(18)19(29)20-21(25-22(30)14-6-2-1-3-7-14)26-23(33-20)24-15-10-12-16(13-11-15)27(31)32/h1-13,28H,(H,25,30). The van der Waals surface area contributed by atoms with Crippen LogP contribution in [-0.2, 0) is 0 Å². The second-order valence-corrected chi connectivity index (χ2v) is 10.8. The second kappa shape index (κ2) is 9.77. The maximum absolute atomic E-state index is 13.2. The molecular formula is C23H15AsN3O5S. The first kappa shape index (κ1) is 22.4. The van der Waals surface area contributed by atoms with Gasteiger partial charge in [-0.2, -0.15) is 0 Å². The van der Waals surface area contributed by atoms with E-state index in [-0.39, 0.29) is 27.7 Å². The zero-order valence-electron chi connectivity index (χ0n) is 16.8. The summed E-state index contributed by atoms with van der Waals surface area (Å²) >= 11 is 0.443. The molecule has 0 bridgehead atoms. The topological polar surface area (TPSA) is 122 Å². The molecule has 0 saturated carbocycles. The van der Waals surface area contributed by atoms with Gasteiger partial charge in [-0.1, -0.05) is 0 Å². The van der Waals surface area contributed by atoms with Crippen molar-refractivity contribution in [2.24, 2.45) is 0 Å². The van der Waals surface area contributed by atoms with Crippen LogP contribution in [0.3, 0.4) is 0 Å². The summed E-state index contributed by atoms with van der Waals surface area (Å²) in [6, 6.07) is 20.9. The minimum atomic E-state index is -0.692. The van der Waals surface area contributed by atoms with E-state index in [4.69, 9.17) is 0 Å². The molecular weight excluding hydrogens is 505 g/mol. The third-order valence-corrected chi connectivity index (χ3v) is 8.21. The fourth-order valence-electron chi connectivity index (χ4n) is 2.91. The molecule has 4 rings (SSSR count). The van der Waals surface area contributed by atoms with Crippen molar-refractivity contribution >= 4 is 58.4 Å². The molecule has 0 unspecified atom stereocenters. The zero-order chi connectivity index (χ0) is 23.4. The Morgan fingerprint density at radius 1 is 0.970 bits per heavy atom. The van der Waals surface area contributed by atoms with Crippen molar-refractivity contribution in [1.82, 2.24) is 4.98 Å². The number of nitro groups is 1. The Morgan fingerprint density at radius 3 is 2.30 bits per heavy atom. The van der Waals surface area contributed by atoms with Gasteiger partial charge in [0, 0.05) is 0 Å². The van der Waals surface area contributed by atoms with Crippen molar-refractivity contribution in [3.05, 3.63) is 105 Å². The number of anilines is 1. The summed E-state index contributed by atoms with van der Waals surface area (Å²) in [6.07, 6.45) is 0. The number of nitrogens with one attached hydrogen (secondary N) is 1. The first-order valence-corrected chi connectivity index (χ1v) is 12.3. The Balaban J connectivity index is 1.68. The number of aromatic nitrogens is 1. The van der Waals surface area contributed by atoms with Crippen LogP contribution in [0.4, 0.5) is 11.5 Å². The summed E-state index contributed by atoms with van der Waals surface area (Å²) in [4.78, 5) is 41.0. The predicted molar refractivity (Wildman–Crippen MR) is 126 cm³/mol. The maximum atomic E-state index is 13.2. The van der Waals surface area contributed by atoms with Crippen LogP contribution in [0.1, 0.15) is 25.6 Å². The number of nitrogens with zero attached hydrogens (tertiary/aromatic N) is 2. The number of hydrogen-bond donors (Lipinski definition) is 2. The van der Waals surface area contributed by atoms with E-state index in [1.807, 2.05) is 0 Å². The molecule has 0 atom stereocenters. The van der Waals surface area contributed by atoms with Crippen molar-refractivity contribution in [1.29, 1.82) is 0 Å². The second-order valence-electron chi connectivity index (χ2n) is 6.73. The molecule has 1 radical (unpaired) electrons. The van der Waals surface area contributed by atoms with E-state index in [2.05, 4.69) is 10.3 Å². The number of aromatic hydroxyl groups is 1. The van der Waals surface area contributed by atoms with Crippen LogP contribution in [0, 0.1) is 10.1 Å². The van der Waals surface area contributed by atoms with E-state index in [0.29, 0.717) is 9.36 Å². The Kier molecular flexibility index (Phi) is 6.63. The van der Waals surface area contributed by atoms with Crippen molar-refractivity contribution in [2.45, 2.75) is 0 Å². The fraction of sp³-hybridized carbons (Fsp3) is 0.